The van der Waals surface area contributed by atoms with E-state index in [0.717, 1.165) is 23.0 Å². The van der Waals surface area contributed by atoms with Gasteiger partial charge in [0.2, 0.25) is 5.71 Å². The number of anilines is 1. The summed E-state index contributed by atoms with van der Waals surface area (Å²) in [6, 6.07) is 5.69. The van der Waals surface area contributed by atoms with Crippen LogP contribution < -0.4 is 5.43 Å². The van der Waals surface area contributed by atoms with Crippen molar-refractivity contribution in [3.05, 3.63) is 23.4 Å². The van der Waals surface area contributed by atoms with Crippen molar-refractivity contribution in [2.75, 3.05) is 5.43 Å². The van der Waals surface area contributed by atoms with E-state index in [1.54, 1.807) is 18.3 Å². The molecule has 1 heterocycles. The van der Waals surface area contributed by atoms with Crippen LogP contribution in [0.4, 0.5) is 5.69 Å². The number of H-pyrrole nitrogens is 1. The molecule has 0 saturated carbocycles. The number of benzene rings is 1. The monoisotopic (exact) mass is 306 g/mol. The Morgan fingerprint density at radius 1 is 1.26 bits per heavy atom. The average molecular weight is 306 g/mol. The van der Waals surface area contributed by atoms with Crippen molar-refractivity contribution in [2.24, 2.45) is 5.10 Å². The third kappa shape index (κ3) is 2.24. The summed E-state index contributed by atoms with van der Waals surface area (Å²) in [5, 5.41) is 29.8. The van der Waals surface area contributed by atoms with Gasteiger partial charge in [0, 0.05) is 5.39 Å². The van der Waals surface area contributed by atoms with Crippen LogP contribution in [0.3, 0.4) is 0 Å². The predicted octanol–water partition coefficient (Wildman–Crippen LogP) is 3.34. The highest BCUT2D eigenvalue weighted by Gasteiger charge is 2.44. The van der Waals surface area contributed by atoms with Gasteiger partial charge in [-0.05, 0) is 34.4 Å². The number of rotatable bonds is 2. The molecule has 6 heteroatoms. The lowest BCUT2D eigenvalue weighted by Crippen LogP contribution is -2.18. The molecule has 0 atom stereocenters. The van der Waals surface area contributed by atoms with Crippen LogP contribution >= 0.6 is 0 Å². The number of nitrogens with one attached hydrogen (secondary N) is 2. The summed E-state index contributed by atoms with van der Waals surface area (Å²) in [6.45, 7) is 8.87. The Balaban J connectivity index is 2.29. The molecule has 3 rings (SSSR count). The van der Waals surface area contributed by atoms with Crippen molar-refractivity contribution in [3.63, 3.8) is 0 Å². The molecule has 0 spiro atoms. The number of hydrogen-bond donors (Lipinski definition) is 2. The fourth-order valence-corrected chi connectivity index (χ4v) is 3.92. The Hall–Kier alpha value is -2.86. The van der Waals surface area contributed by atoms with Crippen molar-refractivity contribution in [1.29, 1.82) is 10.5 Å². The van der Waals surface area contributed by atoms with E-state index in [1.807, 2.05) is 0 Å². The minimum Gasteiger partial charge on any atom is -0.278 e. The summed E-state index contributed by atoms with van der Waals surface area (Å²) in [4.78, 5) is 0. The maximum atomic E-state index is 8.89. The SMILES string of the molecule is CC1(C)CC(C)(C)c2c1cc1[nH]ncc1c2NN=C(C#N)C#N. The predicted molar refractivity (Wildman–Crippen MR) is 89.0 cm³/mol. The van der Waals surface area contributed by atoms with Crippen molar-refractivity contribution >= 4 is 22.3 Å². The minimum absolute atomic E-state index is 0.0333. The summed E-state index contributed by atoms with van der Waals surface area (Å²) in [7, 11) is 0. The van der Waals surface area contributed by atoms with E-state index in [2.05, 4.69) is 54.5 Å². The van der Waals surface area contributed by atoms with Gasteiger partial charge in [-0.25, -0.2) is 0 Å². The van der Waals surface area contributed by atoms with Gasteiger partial charge in [-0.3, -0.25) is 10.5 Å². The molecule has 1 aromatic heterocycles. The molecule has 23 heavy (non-hydrogen) atoms. The quantitative estimate of drug-likeness (QED) is 0.656. The van der Waals surface area contributed by atoms with Crippen LogP contribution in [0.5, 0.6) is 0 Å². The van der Waals surface area contributed by atoms with Gasteiger partial charge in [0.1, 0.15) is 12.1 Å². The van der Waals surface area contributed by atoms with Crippen LogP contribution in [0.25, 0.3) is 10.9 Å². The number of fused-ring (bicyclic) bond motifs is 2. The molecule has 2 N–H and O–H groups in total. The lowest BCUT2D eigenvalue weighted by atomic mass is 9.81. The highest BCUT2D eigenvalue weighted by Crippen LogP contribution is 2.53. The van der Waals surface area contributed by atoms with Crippen LogP contribution in [0.2, 0.25) is 0 Å². The molecule has 6 nitrogen and oxygen atoms in total. The Bertz CT molecular complexity index is 886. The lowest BCUT2D eigenvalue weighted by Gasteiger charge is -2.23. The highest BCUT2D eigenvalue weighted by atomic mass is 15.3. The van der Waals surface area contributed by atoms with Crippen molar-refractivity contribution in [2.45, 2.75) is 44.9 Å². The fraction of sp³-hybridized carbons (Fsp3) is 0.412. The van der Waals surface area contributed by atoms with Gasteiger partial charge in [0.15, 0.2) is 0 Å². The highest BCUT2D eigenvalue weighted by molar-refractivity contribution is 6.10. The Morgan fingerprint density at radius 2 is 1.96 bits per heavy atom. The first-order valence-electron chi connectivity index (χ1n) is 7.45. The van der Waals surface area contributed by atoms with E-state index in [1.165, 1.54) is 11.1 Å². The van der Waals surface area contributed by atoms with Crippen molar-refractivity contribution in [1.82, 2.24) is 10.2 Å². The third-order valence-electron chi connectivity index (χ3n) is 4.53. The fourth-order valence-electron chi connectivity index (χ4n) is 3.92. The van der Waals surface area contributed by atoms with Gasteiger partial charge < -0.3 is 0 Å². The molecule has 0 radical (unpaired) electrons. The average Bonchev–Trinajstić information content (AvgIpc) is 3.00. The van der Waals surface area contributed by atoms with Crippen LogP contribution in [-0.4, -0.2) is 15.9 Å². The maximum Gasteiger partial charge on any atom is 0.237 e. The zero-order valence-corrected chi connectivity index (χ0v) is 13.7. The molecule has 0 amide bonds. The lowest BCUT2D eigenvalue weighted by molar-refractivity contribution is 0.403. The Morgan fingerprint density at radius 3 is 2.61 bits per heavy atom. The van der Waals surface area contributed by atoms with Gasteiger partial charge >= 0.3 is 0 Å². The second kappa shape index (κ2) is 4.82. The van der Waals surface area contributed by atoms with E-state index in [0.29, 0.717) is 0 Å². The second-order valence-corrected chi connectivity index (χ2v) is 7.25. The van der Waals surface area contributed by atoms with Crippen LogP contribution in [-0.2, 0) is 10.8 Å². The van der Waals surface area contributed by atoms with Crippen LogP contribution in [0, 0.1) is 22.7 Å². The zero-order chi connectivity index (χ0) is 16.8. The number of hydrazone groups is 1. The number of nitriles is 2. The first-order chi connectivity index (χ1) is 10.8. The molecular formula is C17H18N6. The zero-order valence-electron chi connectivity index (χ0n) is 13.7. The molecule has 1 aromatic carbocycles. The summed E-state index contributed by atoms with van der Waals surface area (Å²) < 4.78 is 0. The normalized spacial score (nSPS) is 17.1. The van der Waals surface area contributed by atoms with Gasteiger partial charge in [0.25, 0.3) is 0 Å². The van der Waals surface area contributed by atoms with Gasteiger partial charge in [-0.15, -0.1) is 0 Å². The van der Waals surface area contributed by atoms with Crippen LogP contribution in [0.1, 0.15) is 45.2 Å². The topological polar surface area (TPSA) is 101 Å². The molecule has 0 saturated heterocycles. The first-order valence-corrected chi connectivity index (χ1v) is 7.45. The number of hydrogen-bond acceptors (Lipinski definition) is 5. The van der Waals surface area contributed by atoms with E-state index in [-0.39, 0.29) is 16.5 Å². The number of aromatic nitrogens is 2. The largest absolute Gasteiger partial charge is 0.278 e. The molecular weight excluding hydrogens is 288 g/mol. The molecule has 2 aromatic rings. The molecule has 0 bridgehead atoms. The molecule has 0 unspecified atom stereocenters. The molecule has 0 fully saturated rings. The standard InChI is InChI=1S/C17H18N6/c1-16(2)9-17(3,4)14-12(16)5-13-11(8-20-22-13)15(14)23-21-10(6-18)7-19/h5,8,23H,9H2,1-4H3,(H,20,22). The van der Waals surface area contributed by atoms with E-state index in [9.17, 15) is 0 Å². The number of nitrogens with zero attached hydrogens (tertiary/aromatic N) is 4. The van der Waals surface area contributed by atoms with Gasteiger partial charge in [0.05, 0.1) is 17.4 Å². The second-order valence-electron chi connectivity index (χ2n) is 7.25. The molecule has 116 valence electrons. The van der Waals surface area contributed by atoms with Gasteiger partial charge in [-0.1, -0.05) is 27.7 Å². The minimum atomic E-state index is -0.200. The molecule has 1 aliphatic rings. The molecule has 0 aliphatic heterocycles. The van der Waals surface area contributed by atoms with Crippen molar-refractivity contribution < 1.29 is 0 Å². The molecule has 1 aliphatic carbocycles. The van der Waals surface area contributed by atoms with E-state index in [4.69, 9.17) is 10.5 Å². The van der Waals surface area contributed by atoms with E-state index >= 15 is 0 Å². The summed E-state index contributed by atoms with van der Waals surface area (Å²) >= 11 is 0. The summed E-state index contributed by atoms with van der Waals surface area (Å²) in [5.41, 5.74) is 6.91. The maximum absolute atomic E-state index is 8.89. The van der Waals surface area contributed by atoms with E-state index < -0.39 is 0 Å². The summed E-state index contributed by atoms with van der Waals surface area (Å²) in [6.07, 6.45) is 2.75. The summed E-state index contributed by atoms with van der Waals surface area (Å²) in [5.74, 6) is 0. The Kier molecular flexibility index (Phi) is 3.16. The van der Waals surface area contributed by atoms with Gasteiger partial charge in [-0.2, -0.15) is 20.7 Å². The number of aromatic amines is 1. The Labute approximate surface area is 134 Å². The third-order valence-corrected chi connectivity index (χ3v) is 4.53. The van der Waals surface area contributed by atoms with Crippen molar-refractivity contribution in [3.8, 4) is 12.1 Å². The smallest absolute Gasteiger partial charge is 0.237 e. The van der Waals surface area contributed by atoms with Crippen LogP contribution in [0.15, 0.2) is 17.4 Å². The first kappa shape index (κ1) is 15.1.